The van der Waals surface area contributed by atoms with Gasteiger partial charge < -0.3 is 15.0 Å². The zero-order valence-electron chi connectivity index (χ0n) is 14.9. The molecule has 2 aromatic rings. The molecule has 0 aliphatic carbocycles. The molecule has 2 amide bonds. The zero-order chi connectivity index (χ0) is 19.7. The summed E-state index contributed by atoms with van der Waals surface area (Å²) in [5.41, 5.74) is 0.165. The van der Waals surface area contributed by atoms with Gasteiger partial charge in [0, 0.05) is 5.69 Å². The van der Waals surface area contributed by atoms with Gasteiger partial charge in [-0.3, -0.25) is 0 Å². The first-order valence-corrected chi connectivity index (χ1v) is 8.35. The van der Waals surface area contributed by atoms with Gasteiger partial charge in [-0.1, -0.05) is 18.2 Å². The van der Waals surface area contributed by atoms with Crippen LogP contribution in [0.15, 0.2) is 36.9 Å². The molecule has 0 saturated carbocycles. The van der Waals surface area contributed by atoms with Crippen molar-refractivity contribution in [3.05, 3.63) is 42.5 Å². The van der Waals surface area contributed by atoms with Crippen LogP contribution in [-0.2, 0) is 11.3 Å². The molecule has 1 fully saturated rings. The maximum atomic E-state index is 13.1. The molecule has 1 saturated heterocycles. The Hall–Kier alpha value is -2.62. The number of nitrogens with one attached hydrogen (secondary N) is 1. The van der Waals surface area contributed by atoms with Gasteiger partial charge in [0.25, 0.3) is 0 Å². The molecule has 0 radical (unpaired) electrons. The SMILES string of the molecule is CC1(C)CN(C(=O)Nc2ccccc2Cn2cncn2)CC(C(F)(F)F)O1. The Kier molecular flexibility index (Phi) is 5.09. The van der Waals surface area contributed by atoms with Crippen molar-refractivity contribution in [3.63, 3.8) is 0 Å². The highest BCUT2D eigenvalue weighted by molar-refractivity contribution is 5.90. The van der Waals surface area contributed by atoms with Crippen LogP contribution in [0.5, 0.6) is 0 Å². The van der Waals surface area contributed by atoms with Crippen molar-refractivity contribution in [1.82, 2.24) is 19.7 Å². The normalized spacial score (nSPS) is 19.7. The van der Waals surface area contributed by atoms with Crippen LogP contribution in [-0.4, -0.2) is 56.7 Å². The van der Waals surface area contributed by atoms with Gasteiger partial charge in [0.2, 0.25) is 0 Å². The maximum Gasteiger partial charge on any atom is 0.416 e. The molecule has 2 heterocycles. The summed E-state index contributed by atoms with van der Waals surface area (Å²) in [4.78, 5) is 17.6. The number of carbonyl (C=O) groups is 1. The Balaban J connectivity index is 1.75. The lowest BCUT2D eigenvalue weighted by Gasteiger charge is -2.43. The van der Waals surface area contributed by atoms with E-state index in [2.05, 4.69) is 15.4 Å². The third-order valence-electron chi connectivity index (χ3n) is 4.13. The standard InChI is InChI=1S/C17H20F3N5O2/c1-16(2)9-24(8-14(27-16)17(18,19)20)15(26)23-13-6-4-3-5-12(13)7-25-11-21-10-22-25/h3-6,10-11,14H,7-9H2,1-2H3,(H,23,26). The number of amides is 2. The largest absolute Gasteiger partial charge is 0.416 e. The average molecular weight is 383 g/mol. The van der Waals surface area contributed by atoms with Gasteiger partial charge >= 0.3 is 12.2 Å². The Bertz CT molecular complexity index is 792. The molecule has 1 aliphatic heterocycles. The number of anilines is 1. The monoisotopic (exact) mass is 383 g/mol. The minimum Gasteiger partial charge on any atom is -0.359 e. The number of alkyl halides is 3. The average Bonchev–Trinajstić information content (AvgIpc) is 3.07. The minimum atomic E-state index is -4.54. The van der Waals surface area contributed by atoms with Gasteiger partial charge in [0.1, 0.15) is 12.7 Å². The molecule has 1 aromatic heterocycles. The number of rotatable bonds is 3. The third-order valence-corrected chi connectivity index (χ3v) is 4.13. The second-order valence-corrected chi connectivity index (χ2v) is 6.97. The zero-order valence-corrected chi connectivity index (χ0v) is 14.9. The smallest absolute Gasteiger partial charge is 0.359 e. The molecule has 1 atom stereocenters. The number of benzene rings is 1. The van der Waals surface area contributed by atoms with E-state index >= 15 is 0 Å². The van der Waals surface area contributed by atoms with Crippen molar-refractivity contribution in [2.45, 2.75) is 38.3 Å². The maximum absolute atomic E-state index is 13.1. The predicted octanol–water partition coefficient (Wildman–Crippen LogP) is 2.90. The Morgan fingerprint density at radius 2 is 2.11 bits per heavy atom. The second-order valence-electron chi connectivity index (χ2n) is 6.97. The van der Waals surface area contributed by atoms with Crippen molar-refractivity contribution in [2.24, 2.45) is 0 Å². The molecule has 1 aromatic carbocycles. The fourth-order valence-corrected chi connectivity index (χ4v) is 2.97. The molecule has 1 aliphatic rings. The molecular weight excluding hydrogens is 363 g/mol. The van der Waals surface area contributed by atoms with Gasteiger partial charge in [0.05, 0.1) is 25.2 Å². The summed E-state index contributed by atoms with van der Waals surface area (Å²) >= 11 is 0. The summed E-state index contributed by atoms with van der Waals surface area (Å²) in [6.45, 7) is 2.94. The lowest BCUT2D eigenvalue weighted by atomic mass is 10.1. The van der Waals surface area contributed by atoms with Crippen LogP contribution in [0.2, 0.25) is 0 Å². The van der Waals surface area contributed by atoms with Gasteiger partial charge in [-0.05, 0) is 25.5 Å². The fraction of sp³-hybridized carbons (Fsp3) is 0.471. The van der Waals surface area contributed by atoms with Crippen molar-refractivity contribution < 1.29 is 22.7 Å². The number of morpholine rings is 1. The van der Waals surface area contributed by atoms with Crippen LogP contribution in [0, 0.1) is 0 Å². The summed E-state index contributed by atoms with van der Waals surface area (Å²) in [6, 6.07) is 6.43. The number of halogens is 3. The molecular formula is C17H20F3N5O2. The van der Waals surface area contributed by atoms with E-state index in [1.165, 1.54) is 26.5 Å². The van der Waals surface area contributed by atoms with Gasteiger partial charge in [-0.25, -0.2) is 14.5 Å². The first kappa shape index (κ1) is 19.2. The number of para-hydroxylation sites is 1. The van der Waals surface area contributed by atoms with Crippen LogP contribution >= 0.6 is 0 Å². The number of hydrogen-bond donors (Lipinski definition) is 1. The van der Waals surface area contributed by atoms with E-state index in [0.717, 1.165) is 10.5 Å². The lowest BCUT2D eigenvalue weighted by Crippen LogP contribution is -2.59. The van der Waals surface area contributed by atoms with Crippen molar-refractivity contribution >= 4 is 11.7 Å². The molecule has 1 N–H and O–H groups in total. The van der Waals surface area contributed by atoms with E-state index in [0.29, 0.717) is 12.2 Å². The molecule has 0 bridgehead atoms. The van der Waals surface area contributed by atoms with Crippen molar-refractivity contribution in [3.8, 4) is 0 Å². The van der Waals surface area contributed by atoms with Crippen LogP contribution in [0.25, 0.3) is 0 Å². The van der Waals surface area contributed by atoms with Crippen LogP contribution in [0.4, 0.5) is 23.7 Å². The van der Waals surface area contributed by atoms with E-state index in [4.69, 9.17) is 4.74 Å². The molecule has 7 nitrogen and oxygen atoms in total. The van der Waals surface area contributed by atoms with E-state index < -0.39 is 30.5 Å². The van der Waals surface area contributed by atoms with Crippen molar-refractivity contribution in [2.75, 3.05) is 18.4 Å². The first-order valence-electron chi connectivity index (χ1n) is 8.35. The number of carbonyl (C=O) groups excluding carboxylic acids is 1. The number of hydrogen-bond acceptors (Lipinski definition) is 4. The number of aromatic nitrogens is 3. The summed E-state index contributed by atoms with van der Waals surface area (Å²) in [5, 5.41) is 6.72. The number of ether oxygens (including phenoxy) is 1. The summed E-state index contributed by atoms with van der Waals surface area (Å²) in [5.74, 6) is 0. The Morgan fingerprint density at radius 3 is 2.78 bits per heavy atom. The van der Waals surface area contributed by atoms with E-state index in [9.17, 15) is 18.0 Å². The van der Waals surface area contributed by atoms with E-state index in [1.807, 2.05) is 0 Å². The second kappa shape index (κ2) is 7.18. The van der Waals surface area contributed by atoms with Crippen LogP contribution in [0.3, 0.4) is 0 Å². The first-order chi connectivity index (χ1) is 12.6. The minimum absolute atomic E-state index is 0.0522. The van der Waals surface area contributed by atoms with Gasteiger partial charge in [0.15, 0.2) is 6.10 Å². The van der Waals surface area contributed by atoms with Crippen LogP contribution in [0.1, 0.15) is 19.4 Å². The fourth-order valence-electron chi connectivity index (χ4n) is 2.97. The Labute approximate surface area is 154 Å². The molecule has 10 heteroatoms. The van der Waals surface area contributed by atoms with Crippen molar-refractivity contribution in [1.29, 1.82) is 0 Å². The van der Waals surface area contributed by atoms with Gasteiger partial charge in [-0.2, -0.15) is 18.3 Å². The lowest BCUT2D eigenvalue weighted by molar-refractivity contribution is -0.267. The molecule has 146 valence electrons. The summed E-state index contributed by atoms with van der Waals surface area (Å²) in [7, 11) is 0. The highest BCUT2D eigenvalue weighted by atomic mass is 19.4. The topological polar surface area (TPSA) is 72.3 Å². The summed E-state index contributed by atoms with van der Waals surface area (Å²) < 4.78 is 46.1. The van der Waals surface area contributed by atoms with E-state index in [-0.39, 0.29) is 6.54 Å². The van der Waals surface area contributed by atoms with Crippen LogP contribution < -0.4 is 5.32 Å². The Morgan fingerprint density at radius 1 is 1.37 bits per heavy atom. The molecule has 1 unspecified atom stereocenters. The molecule has 3 rings (SSSR count). The number of urea groups is 1. The van der Waals surface area contributed by atoms with Gasteiger partial charge in [-0.15, -0.1) is 0 Å². The summed E-state index contributed by atoms with van der Waals surface area (Å²) in [6.07, 6.45) is -3.62. The highest BCUT2D eigenvalue weighted by Gasteiger charge is 2.49. The highest BCUT2D eigenvalue weighted by Crippen LogP contribution is 2.32. The number of nitrogens with zero attached hydrogens (tertiary/aromatic N) is 4. The van der Waals surface area contributed by atoms with E-state index in [1.54, 1.807) is 28.9 Å². The third kappa shape index (κ3) is 4.76. The molecule has 0 spiro atoms. The molecule has 27 heavy (non-hydrogen) atoms. The predicted molar refractivity (Wildman–Crippen MR) is 91.2 cm³/mol. The quantitative estimate of drug-likeness (QED) is 0.885.